The second kappa shape index (κ2) is 17.7. The van der Waals surface area contributed by atoms with Crippen LogP contribution in [0.1, 0.15) is 48.6 Å². The van der Waals surface area contributed by atoms with Crippen LogP contribution in [0.3, 0.4) is 0 Å². The van der Waals surface area contributed by atoms with Crippen LogP contribution in [0.15, 0.2) is 102 Å². The van der Waals surface area contributed by atoms with Gasteiger partial charge in [0.15, 0.2) is 11.5 Å². The molecule has 0 spiro atoms. The van der Waals surface area contributed by atoms with E-state index in [2.05, 4.69) is 21.2 Å². The van der Waals surface area contributed by atoms with Gasteiger partial charge in [0, 0.05) is 40.6 Å². The third-order valence-corrected chi connectivity index (χ3v) is 10.9. The summed E-state index contributed by atoms with van der Waals surface area (Å²) in [5, 5.41) is 17.9. The molecule has 0 aliphatic carbocycles. The molecule has 0 fully saturated rings. The summed E-state index contributed by atoms with van der Waals surface area (Å²) >= 11 is 16.1. The standard InChI is InChI=1S/C42H38BrCl2N3O7/c1-54-37-22-32(33(43)23-38(37)55-2)40(51)46-35(20-25-11-12-26-7-3-4-8-28(26)19-25)36(49)24-47(17-15-27-13-14-29(44)21-34(27)45)39(50)16-18-48-41(52)30-9-5-6-10-31(30)42(48)53/h3-14,19,21-23,35-36,49H,15-18,20,24H2,1-2H3,(H,46,51)/t35-,36-/m0/s1. The Balaban J connectivity index is 1.27. The Morgan fingerprint density at radius 3 is 2.18 bits per heavy atom. The summed E-state index contributed by atoms with van der Waals surface area (Å²) in [5.74, 6) is -1.05. The van der Waals surface area contributed by atoms with Crippen molar-refractivity contribution in [2.24, 2.45) is 0 Å². The Morgan fingerprint density at radius 1 is 0.855 bits per heavy atom. The Bertz CT molecular complexity index is 2230. The first-order valence-corrected chi connectivity index (χ1v) is 19.1. The van der Waals surface area contributed by atoms with E-state index in [4.69, 9.17) is 32.7 Å². The number of carbonyl (C=O) groups excluding carboxylic acids is 4. The van der Waals surface area contributed by atoms with E-state index < -0.39 is 35.8 Å². The number of benzene rings is 5. The minimum atomic E-state index is -1.27. The number of hydrogen-bond donors (Lipinski definition) is 2. The van der Waals surface area contributed by atoms with Crippen LogP contribution in [0.5, 0.6) is 11.5 Å². The number of carbonyl (C=O) groups is 4. The molecular weight excluding hydrogens is 809 g/mol. The molecule has 55 heavy (non-hydrogen) atoms. The van der Waals surface area contributed by atoms with Gasteiger partial charge in [-0.3, -0.25) is 24.1 Å². The monoisotopic (exact) mass is 845 g/mol. The molecule has 6 rings (SSSR count). The molecule has 0 aromatic heterocycles. The number of rotatable bonds is 15. The van der Waals surface area contributed by atoms with Crippen molar-refractivity contribution in [3.8, 4) is 11.5 Å². The molecule has 2 atom stereocenters. The zero-order valence-electron chi connectivity index (χ0n) is 30.1. The number of nitrogens with zero attached hydrogens (tertiary/aromatic N) is 2. The fourth-order valence-corrected chi connectivity index (χ4v) is 7.64. The topological polar surface area (TPSA) is 125 Å². The number of imide groups is 1. The third kappa shape index (κ3) is 9.13. The number of hydrogen-bond acceptors (Lipinski definition) is 7. The molecule has 4 amide bonds. The predicted molar refractivity (Wildman–Crippen MR) is 215 cm³/mol. The van der Waals surface area contributed by atoms with Gasteiger partial charge in [0.1, 0.15) is 0 Å². The quantitative estimate of drug-likeness (QED) is 0.105. The summed E-state index contributed by atoms with van der Waals surface area (Å²) in [5.41, 5.74) is 2.42. The van der Waals surface area contributed by atoms with Gasteiger partial charge < -0.3 is 24.8 Å². The summed E-state index contributed by atoms with van der Waals surface area (Å²) in [6, 6.07) is 27.7. The average Bonchev–Trinajstić information content (AvgIpc) is 3.43. The van der Waals surface area contributed by atoms with Crippen LogP contribution in [0.25, 0.3) is 10.8 Å². The number of aliphatic hydroxyl groups is 1. The Morgan fingerprint density at radius 2 is 1.51 bits per heavy atom. The highest BCUT2D eigenvalue weighted by molar-refractivity contribution is 9.10. The molecule has 284 valence electrons. The summed E-state index contributed by atoms with van der Waals surface area (Å²) in [4.78, 5) is 56.6. The predicted octanol–water partition coefficient (Wildman–Crippen LogP) is 7.39. The molecule has 0 bridgehead atoms. The number of amides is 4. The van der Waals surface area contributed by atoms with Crippen LogP contribution in [0.4, 0.5) is 0 Å². The van der Waals surface area contributed by atoms with E-state index in [1.165, 1.54) is 19.1 Å². The van der Waals surface area contributed by atoms with E-state index in [0.29, 0.717) is 32.4 Å². The maximum Gasteiger partial charge on any atom is 0.261 e. The smallest absolute Gasteiger partial charge is 0.261 e. The second-order valence-electron chi connectivity index (χ2n) is 13.1. The zero-order chi connectivity index (χ0) is 39.2. The molecule has 1 aliphatic heterocycles. The van der Waals surface area contributed by atoms with Gasteiger partial charge in [0.25, 0.3) is 17.7 Å². The van der Waals surface area contributed by atoms with Gasteiger partial charge in [-0.05, 0) is 87.1 Å². The van der Waals surface area contributed by atoms with E-state index in [-0.39, 0.29) is 49.2 Å². The lowest BCUT2D eigenvalue weighted by Crippen LogP contribution is -2.51. The molecule has 2 N–H and O–H groups in total. The zero-order valence-corrected chi connectivity index (χ0v) is 33.2. The van der Waals surface area contributed by atoms with Crippen LogP contribution in [-0.4, -0.2) is 84.5 Å². The van der Waals surface area contributed by atoms with Crippen LogP contribution in [-0.2, 0) is 17.6 Å². The molecule has 13 heteroatoms. The van der Waals surface area contributed by atoms with E-state index in [1.807, 2.05) is 42.5 Å². The first-order valence-electron chi connectivity index (χ1n) is 17.5. The average molecular weight is 848 g/mol. The first-order chi connectivity index (χ1) is 26.5. The fourth-order valence-electron chi connectivity index (χ4n) is 6.64. The third-order valence-electron chi connectivity index (χ3n) is 9.62. The number of nitrogens with one attached hydrogen (secondary N) is 1. The van der Waals surface area contributed by atoms with Gasteiger partial charge in [-0.25, -0.2) is 0 Å². The molecular formula is C42H38BrCl2N3O7. The van der Waals surface area contributed by atoms with Gasteiger partial charge in [0.2, 0.25) is 5.91 Å². The number of halogens is 3. The van der Waals surface area contributed by atoms with Crippen molar-refractivity contribution in [3.05, 3.63) is 139 Å². The summed E-state index contributed by atoms with van der Waals surface area (Å²) in [6.45, 7) is -0.195. The summed E-state index contributed by atoms with van der Waals surface area (Å²) < 4.78 is 11.3. The number of fused-ring (bicyclic) bond motifs is 2. The summed E-state index contributed by atoms with van der Waals surface area (Å²) in [7, 11) is 2.96. The van der Waals surface area contributed by atoms with Gasteiger partial charge in [-0.15, -0.1) is 0 Å². The normalized spacial score (nSPS) is 13.4. The van der Waals surface area contributed by atoms with Crippen molar-refractivity contribution >= 4 is 73.5 Å². The van der Waals surface area contributed by atoms with E-state index in [1.54, 1.807) is 54.6 Å². The second-order valence-corrected chi connectivity index (χ2v) is 14.8. The Labute approximate surface area is 337 Å². The van der Waals surface area contributed by atoms with Crippen LogP contribution in [0.2, 0.25) is 10.0 Å². The summed E-state index contributed by atoms with van der Waals surface area (Å²) in [6.07, 6.45) is -0.907. The molecule has 0 saturated heterocycles. The molecule has 0 unspecified atom stereocenters. The molecule has 5 aromatic rings. The van der Waals surface area contributed by atoms with Gasteiger partial charge >= 0.3 is 0 Å². The van der Waals surface area contributed by atoms with Gasteiger partial charge in [0.05, 0.1) is 43.1 Å². The maximum absolute atomic E-state index is 14.0. The molecule has 10 nitrogen and oxygen atoms in total. The van der Waals surface area contributed by atoms with Crippen molar-refractivity contribution in [1.29, 1.82) is 0 Å². The number of aliphatic hydroxyl groups excluding tert-OH is 1. The molecule has 0 radical (unpaired) electrons. The number of ether oxygens (including phenoxy) is 2. The van der Waals surface area contributed by atoms with Crippen molar-refractivity contribution in [1.82, 2.24) is 15.1 Å². The molecule has 1 heterocycles. The largest absolute Gasteiger partial charge is 0.493 e. The lowest BCUT2D eigenvalue weighted by atomic mass is 9.97. The van der Waals surface area contributed by atoms with Crippen LogP contribution in [0, 0.1) is 0 Å². The minimum Gasteiger partial charge on any atom is -0.493 e. The first kappa shape index (κ1) is 39.7. The molecule has 1 aliphatic rings. The minimum absolute atomic E-state index is 0.136. The van der Waals surface area contributed by atoms with Crippen molar-refractivity contribution < 1.29 is 33.8 Å². The lowest BCUT2D eigenvalue weighted by molar-refractivity contribution is -0.133. The highest BCUT2D eigenvalue weighted by Crippen LogP contribution is 2.33. The Kier molecular flexibility index (Phi) is 12.8. The van der Waals surface area contributed by atoms with Crippen LogP contribution < -0.4 is 14.8 Å². The lowest BCUT2D eigenvalue weighted by Gasteiger charge is -2.31. The van der Waals surface area contributed by atoms with Crippen molar-refractivity contribution in [2.75, 3.05) is 33.9 Å². The highest BCUT2D eigenvalue weighted by Gasteiger charge is 2.36. The van der Waals surface area contributed by atoms with E-state index >= 15 is 0 Å². The van der Waals surface area contributed by atoms with Crippen LogP contribution >= 0.6 is 39.1 Å². The maximum atomic E-state index is 14.0. The van der Waals surface area contributed by atoms with Gasteiger partial charge in [-0.1, -0.05) is 83.9 Å². The number of methoxy groups -OCH3 is 2. The Hall–Kier alpha value is -4.94. The molecule has 0 saturated carbocycles. The van der Waals surface area contributed by atoms with Crippen molar-refractivity contribution in [2.45, 2.75) is 31.4 Å². The van der Waals surface area contributed by atoms with Gasteiger partial charge in [-0.2, -0.15) is 0 Å². The van der Waals surface area contributed by atoms with Crippen molar-refractivity contribution in [3.63, 3.8) is 0 Å². The molecule has 5 aromatic carbocycles. The highest BCUT2D eigenvalue weighted by atomic mass is 79.9. The van der Waals surface area contributed by atoms with E-state index in [0.717, 1.165) is 26.8 Å². The van der Waals surface area contributed by atoms with E-state index in [9.17, 15) is 24.3 Å². The fraction of sp³-hybridized carbons (Fsp3) is 0.238. The SMILES string of the molecule is COc1cc(Br)c(C(=O)N[C@@H](Cc2ccc3ccccc3c2)[C@@H](O)CN(CCc2ccc(Cl)cc2Cl)C(=O)CCN2C(=O)c3ccccc3C2=O)cc1OC.